The fourth-order valence-electron chi connectivity index (χ4n) is 1.99. The van der Waals surface area contributed by atoms with Crippen LogP contribution >= 0.6 is 0 Å². The molecule has 0 radical (unpaired) electrons. The van der Waals surface area contributed by atoms with E-state index in [4.69, 9.17) is 5.73 Å². The Labute approximate surface area is 81.3 Å². The smallest absolute Gasteiger partial charge is 0.389 e. The molecule has 1 saturated carbocycles. The van der Waals surface area contributed by atoms with Gasteiger partial charge in [-0.3, -0.25) is 0 Å². The summed E-state index contributed by atoms with van der Waals surface area (Å²) >= 11 is 0. The van der Waals surface area contributed by atoms with Crippen LogP contribution in [0.15, 0.2) is 0 Å². The molecule has 1 rings (SSSR count). The van der Waals surface area contributed by atoms with Crippen LogP contribution in [0.25, 0.3) is 0 Å². The zero-order valence-electron chi connectivity index (χ0n) is 7.98. The van der Waals surface area contributed by atoms with Crippen LogP contribution in [0.1, 0.15) is 38.5 Å². The van der Waals surface area contributed by atoms with Gasteiger partial charge in [0, 0.05) is 12.5 Å². The Morgan fingerprint density at radius 1 is 1.43 bits per heavy atom. The minimum atomic E-state index is -4.11. The van der Waals surface area contributed by atoms with Gasteiger partial charge in [0.25, 0.3) is 0 Å². The predicted molar refractivity (Wildman–Crippen MR) is 46.7 cm³/mol. The summed E-state index contributed by atoms with van der Waals surface area (Å²) in [6, 6.07) is -0.0501. The highest BCUT2D eigenvalue weighted by Gasteiger charge is 2.36. The number of nitrogens with two attached hydrogens (primary N) is 1. The minimum absolute atomic E-state index is 0.00722. The fraction of sp³-hybridized carbons (Fsp3) is 1.00. The van der Waals surface area contributed by atoms with Crippen LogP contribution in [0.5, 0.6) is 0 Å². The van der Waals surface area contributed by atoms with Crippen LogP contribution in [0.3, 0.4) is 0 Å². The zero-order valence-corrected chi connectivity index (χ0v) is 7.98. The molecule has 1 fully saturated rings. The summed E-state index contributed by atoms with van der Waals surface area (Å²) in [5.41, 5.74) is 4.65. The van der Waals surface area contributed by atoms with Gasteiger partial charge in [0.05, 0.1) is 5.60 Å². The van der Waals surface area contributed by atoms with E-state index in [9.17, 15) is 18.3 Å². The zero-order chi connectivity index (χ0) is 10.8. The third-order valence-corrected chi connectivity index (χ3v) is 2.73. The first-order chi connectivity index (χ1) is 6.31. The van der Waals surface area contributed by atoms with Crippen LogP contribution in [0.4, 0.5) is 13.2 Å². The van der Waals surface area contributed by atoms with E-state index in [1.54, 1.807) is 0 Å². The molecule has 0 aromatic heterocycles. The molecule has 3 N–H and O–H groups in total. The lowest BCUT2D eigenvalue weighted by molar-refractivity contribution is -0.137. The Morgan fingerprint density at radius 3 is 2.50 bits per heavy atom. The molecular weight excluding hydrogens is 195 g/mol. The maximum absolute atomic E-state index is 11.8. The maximum Gasteiger partial charge on any atom is 0.389 e. The monoisotopic (exact) mass is 211 g/mol. The van der Waals surface area contributed by atoms with Crippen LogP contribution < -0.4 is 5.73 Å². The van der Waals surface area contributed by atoms with Crippen molar-refractivity contribution in [2.24, 2.45) is 5.73 Å². The van der Waals surface area contributed by atoms with Gasteiger partial charge in [-0.2, -0.15) is 13.2 Å². The highest BCUT2D eigenvalue weighted by Crippen LogP contribution is 2.34. The Morgan fingerprint density at radius 2 is 2.07 bits per heavy atom. The van der Waals surface area contributed by atoms with E-state index in [0.717, 1.165) is 0 Å². The molecule has 2 nitrogen and oxygen atoms in total. The van der Waals surface area contributed by atoms with Crippen LogP contribution in [0.2, 0.25) is 0 Å². The molecule has 0 amide bonds. The molecule has 0 aromatic rings. The van der Waals surface area contributed by atoms with Crippen LogP contribution in [-0.2, 0) is 0 Å². The van der Waals surface area contributed by atoms with E-state index in [0.29, 0.717) is 19.3 Å². The van der Waals surface area contributed by atoms with E-state index in [2.05, 4.69) is 0 Å². The summed E-state index contributed by atoms with van der Waals surface area (Å²) in [4.78, 5) is 0. The second-order valence-electron chi connectivity index (χ2n) is 4.20. The largest absolute Gasteiger partial charge is 0.390 e. The summed E-state index contributed by atoms with van der Waals surface area (Å²) in [6.45, 7) is 0. The Bertz CT molecular complexity index is 195. The van der Waals surface area contributed by atoms with Crippen molar-refractivity contribution in [3.8, 4) is 0 Å². The van der Waals surface area contributed by atoms with Crippen molar-refractivity contribution < 1.29 is 18.3 Å². The van der Waals surface area contributed by atoms with Gasteiger partial charge in [0.15, 0.2) is 0 Å². The molecule has 0 heterocycles. The molecule has 14 heavy (non-hydrogen) atoms. The molecule has 1 aliphatic rings. The van der Waals surface area contributed by atoms with Gasteiger partial charge in [0.2, 0.25) is 0 Å². The molecule has 0 bridgehead atoms. The van der Waals surface area contributed by atoms with Gasteiger partial charge in [-0.1, -0.05) is 0 Å². The van der Waals surface area contributed by atoms with Gasteiger partial charge in [-0.25, -0.2) is 0 Å². The molecule has 2 unspecified atom stereocenters. The second-order valence-corrected chi connectivity index (χ2v) is 4.20. The van der Waals surface area contributed by atoms with Crippen molar-refractivity contribution in [1.82, 2.24) is 0 Å². The van der Waals surface area contributed by atoms with E-state index in [1.807, 2.05) is 0 Å². The van der Waals surface area contributed by atoms with E-state index >= 15 is 0 Å². The van der Waals surface area contributed by atoms with E-state index < -0.39 is 18.2 Å². The average Bonchev–Trinajstić information content (AvgIpc) is 2.28. The summed E-state index contributed by atoms with van der Waals surface area (Å²) in [6.07, 6.45) is -3.05. The summed E-state index contributed by atoms with van der Waals surface area (Å²) in [5, 5.41) is 9.81. The maximum atomic E-state index is 11.8. The van der Waals surface area contributed by atoms with Crippen molar-refractivity contribution in [2.45, 2.75) is 56.3 Å². The van der Waals surface area contributed by atoms with Crippen LogP contribution in [0, 0.1) is 0 Å². The molecule has 0 aliphatic heterocycles. The van der Waals surface area contributed by atoms with Gasteiger partial charge >= 0.3 is 6.18 Å². The highest BCUT2D eigenvalue weighted by molar-refractivity contribution is 4.90. The lowest BCUT2D eigenvalue weighted by Gasteiger charge is -2.22. The first-order valence-electron chi connectivity index (χ1n) is 4.85. The SMILES string of the molecule is NC1CCC(O)(CCCC(F)(F)F)C1. The number of hydrogen-bond acceptors (Lipinski definition) is 2. The Hall–Kier alpha value is -0.290. The quantitative estimate of drug-likeness (QED) is 0.749. The molecule has 0 spiro atoms. The second kappa shape index (κ2) is 4.06. The minimum Gasteiger partial charge on any atom is -0.390 e. The topological polar surface area (TPSA) is 46.2 Å². The third kappa shape index (κ3) is 3.84. The predicted octanol–water partition coefficient (Wildman–Crippen LogP) is 1.96. The first-order valence-corrected chi connectivity index (χ1v) is 4.85. The van der Waals surface area contributed by atoms with E-state index in [-0.39, 0.29) is 18.9 Å². The number of rotatable bonds is 3. The highest BCUT2D eigenvalue weighted by atomic mass is 19.4. The molecule has 0 aromatic carbocycles. The van der Waals surface area contributed by atoms with Crippen molar-refractivity contribution in [1.29, 1.82) is 0 Å². The molecule has 2 atom stereocenters. The van der Waals surface area contributed by atoms with E-state index in [1.165, 1.54) is 0 Å². The molecule has 5 heteroatoms. The summed E-state index contributed by atoms with van der Waals surface area (Å²) in [5.74, 6) is 0. The number of hydrogen-bond donors (Lipinski definition) is 2. The molecule has 84 valence electrons. The lowest BCUT2D eigenvalue weighted by Crippen LogP contribution is -2.28. The van der Waals surface area contributed by atoms with Crippen molar-refractivity contribution >= 4 is 0 Å². The fourth-order valence-corrected chi connectivity index (χ4v) is 1.99. The Kier molecular flexibility index (Phi) is 3.42. The van der Waals surface area contributed by atoms with Gasteiger partial charge in [-0.05, 0) is 32.1 Å². The van der Waals surface area contributed by atoms with Crippen LogP contribution in [-0.4, -0.2) is 22.9 Å². The van der Waals surface area contributed by atoms with Crippen molar-refractivity contribution in [3.05, 3.63) is 0 Å². The van der Waals surface area contributed by atoms with Crippen molar-refractivity contribution in [3.63, 3.8) is 0 Å². The molecular formula is C9H16F3NO. The third-order valence-electron chi connectivity index (χ3n) is 2.73. The Balaban J connectivity index is 2.24. The number of alkyl halides is 3. The molecule has 1 aliphatic carbocycles. The normalized spacial score (nSPS) is 33.6. The standard InChI is InChI=1S/C9H16F3NO/c10-9(11,12)4-1-3-8(14)5-2-7(13)6-8/h7,14H,1-6,13H2. The molecule has 0 saturated heterocycles. The first kappa shape index (κ1) is 11.8. The summed E-state index contributed by atoms with van der Waals surface area (Å²) < 4.78 is 35.5. The number of aliphatic hydroxyl groups is 1. The van der Waals surface area contributed by atoms with Gasteiger partial charge < -0.3 is 10.8 Å². The van der Waals surface area contributed by atoms with Crippen molar-refractivity contribution in [2.75, 3.05) is 0 Å². The van der Waals surface area contributed by atoms with Gasteiger partial charge in [0.1, 0.15) is 0 Å². The number of halogens is 3. The average molecular weight is 211 g/mol. The lowest BCUT2D eigenvalue weighted by atomic mass is 9.95. The van der Waals surface area contributed by atoms with Gasteiger partial charge in [-0.15, -0.1) is 0 Å². The summed E-state index contributed by atoms with van der Waals surface area (Å²) in [7, 11) is 0.